The van der Waals surface area contributed by atoms with Gasteiger partial charge in [-0.15, -0.1) is 0 Å². The van der Waals surface area contributed by atoms with Gasteiger partial charge < -0.3 is 5.11 Å². The van der Waals surface area contributed by atoms with Crippen molar-refractivity contribution in [2.24, 2.45) is 11.3 Å². The first kappa shape index (κ1) is 10.6. The fraction of sp³-hybridized carbons (Fsp3) is 0.889. The van der Waals surface area contributed by atoms with E-state index < -0.39 is 0 Å². The van der Waals surface area contributed by atoms with Crippen LogP contribution in [0.15, 0.2) is 0 Å². The van der Waals surface area contributed by atoms with Crippen molar-refractivity contribution in [2.75, 3.05) is 6.61 Å². The van der Waals surface area contributed by atoms with E-state index in [1.807, 2.05) is 0 Å². The summed E-state index contributed by atoms with van der Waals surface area (Å²) in [5.41, 5.74) is 0.124. The molecule has 0 aromatic carbocycles. The Morgan fingerprint density at radius 1 is 1.45 bits per heavy atom. The summed E-state index contributed by atoms with van der Waals surface area (Å²) in [4.78, 5) is 10.9. The maximum atomic E-state index is 10.9. The molecule has 11 heavy (non-hydrogen) atoms. The predicted octanol–water partition coefficient (Wildman–Crippen LogP) is 1.62. The summed E-state index contributed by atoms with van der Waals surface area (Å²) in [6.45, 7) is 7.72. The zero-order valence-corrected chi connectivity index (χ0v) is 7.85. The lowest BCUT2D eigenvalue weighted by Gasteiger charge is -2.22. The van der Waals surface area contributed by atoms with Gasteiger partial charge in [-0.2, -0.15) is 0 Å². The number of hydrogen-bond donors (Lipinski definition) is 1. The van der Waals surface area contributed by atoms with Crippen molar-refractivity contribution in [2.45, 2.75) is 34.1 Å². The Balaban J connectivity index is 3.99. The third-order valence-corrected chi connectivity index (χ3v) is 1.65. The van der Waals surface area contributed by atoms with E-state index in [0.29, 0.717) is 0 Å². The van der Waals surface area contributed by atoms with E-state index in [-0.39, 0.29) is 23.7 Å². The zero-order chi connectivity index (χ0) is 9.07. The lowest BCUT2D eigenvalue weighted by atomic mass is 9.83. The van der Waals surface area contributed by atoms with Crippen molar-refractivity contribution >= 4 is 5.78 Å². The van der Waals surface area contributed by atoms with E-state index in [9.17, 15) is 4.79 Å². The highest BCUT2D eigenvalue weighted by Crippen LogP contribution is 2.24. The van der Waals surface area contributed by atoms with Crippen LogP contribution >= 0.6 is 0 Å². The summed E-state index contributed by atoms with van der Waals surface area (Å²) in [5, 5.41) is 8.84. The molecule has 2 heteroatoms. The Bertz CT molecular complexity index is 133. The quantitative estimate of drug-likeness (QED) is 0.677. The average molecular weight is 158 g/mol. The van der Waals surface area contributed by atoms with Crippen LogP contribution in [-0.2, 0) is 4.79 Å². The molecule has 1 atom stereocenters. The van der Waals surface area contributed by atoms with Gasteiger partial charge in [-0.1, -0.05) is 20.8 Å². The number of rotatable bonds is 3. The fourth-order valence-electron chi connectivity index (χ4n) is 1.08. The molecule has 0 spiro atoms. The summed E-state index contributed by atoms with van der Waals surface area (Å²) in [5.74, 6) is -0.0857. The van der Waals surface area contributed by atoms with Crippen molar-refractivity contribution in [1.29, 1.82) is 0 Å². The minimum absolute atomic E-state index is 0.0212. The van der Waals surface area contributed by atoms with Crippen molar-refractivity contribution in [3.63, 3.8) is 0 Å². The highest BCUT2D eigenvalue weighted by molar-refractivity contribution is 5.78. The van der Waals surface area contributed by atoms with E-state index in [1.54, 1.807) is 0 Å². The van der Waals surface area contributed by atoms with E-state index in [0.717, 1.165) is 6.42 Å². The van der Waals surface area contributed by atoms with Crippen molar-refractivity contribution < 1.29 is 9.90 Å². The number of ketones is 1. The first-order valence-corrected chi connectivity index (χ1v) is 3.98. The molecule has 0 aromatic rings. The second kappa shape index (κ2) is 3.86. The summed E-state index contributed by atoms with van der Waals surface area (Å²) in [7, 11) is 0. The van der Waals surface area contributed by atoms with Crippen LogP contribution in [0.4, 0.5) is 0 Å². The molecule has 66 valence electrons. The van der Waals surface area contributed by atoms with Crippen LogP contribution in [-0.4, -0.2) is 17.5 Å². The first-order valence-electron chi connectivity index (χ1n) is 3.98. The molecule has 0 aromatic heterocycles. The van der Waals surface area contributed by atoms with Gasteiger partial charge in [-0.3, -0.25) is 4.79 Å². The van der Waals surface area contributed by atoms with E-state index in [4.69, 9.17) is 5.11 Å². The van der Waals surface area contributed by atoms with Gasteiger partial charge >= 0.3 is 0 Å². The van der Waals surface area contributed by atoms with Crippen molar-refractivity contribution in [3.05, 3.63) is 0 Å². The van der Waals surface area contributed by atoms with Crippen LogP contribution in [0, 0.1) is 11.3 Å². The highest BCUT2D eigenvalue weighted by atomic mass is 16.3. The molecular formula is C9H18O2. The first-order chi connectivity index (χ1) is 4.87. The van der Waals surface area contributed by atoms with Crippen LogP contribution in [0.1, 0.15) is 34.1 Å². The molecule has 0 bridgehead atoms. The topological polar surface area (TPSA) is 37.3 Å². The fourth-order valence-corrected chi connectivity index (χ4v) is 1.08. The third-order valence-electron chi connectivity index (χ3n) is 1.65. The Morgan fingerprint density at radius 2 is 1.91 bits per heavy atom. The molecule has 0 heterocycles. The molecule has 0 amide bonds. The van der Waals surface area contributed by atoms with Gasteiger partial charge in [-0.05, 0) is 18.8 Å². The van der Waals surface area contributed by atoms with E-state index >= 15 is 0 Å². The molecule has 0 aliphatic heterocycles. The standard InChI is InChI=1S/C9H18O2/c1-7(11)8(6-10)5-9(2,3)4/h8,10H,5-6H2,1-4H3. The minimum atomic E-state index is -0.171. The predicted molar refractivity (Wildman–Crippen MR) is 45.3 cm³/mol. The Labute approximate surface area is 68.6 Å². The van der Waals surface area contributed by atoms with Crippen LogP contribution in [0.25, 0.3) is 0 Å². The number of Topliss-reactive ketones (excluding diaryl/α,β-unsaturated/α-hetero) is 1. The van der Waals surface area contributed by atoms with Crippen molar-refractivity contribution in [3.8, 4) is 0 Å². The van der Waals surface area contributed by atoms with E-state index in [2.05, 4.69) is 20.8 Å². The van der Waals surface area contributed by atoms with Crippen LogP contribution < -0.4 is 0 Å². The number of aliphatic hydroxyl groups excluding tert-OH is 1. The number of carbonyl (C=O) groups excluding carboxylic acids is 1. The molecular weight excluding hydrogens is 140 g/mol. The van der Waals surface area contributed by atoms with Crippen molar-refractivity contribution in [1.82, 2.24) is 0 Å². The lowest BCUT2D eigenvalue weighted by molar-refractivity contribution is -0.122. The third kappa shape index (κ3) is 4.96. The van der Waals surface area contributed by atoms with Gasteiger partial charge in [0.05, 0.1) is 6.61 Å². The molecule has 0 saturated heterocycles. The highest BCUT2D eigenvalue weighted by Gasteiger charge is 2.20. The van der Waals surface area contributed by atoms with E-state index in [1.165, 1.54) is 6.92 Å². The summed E-state index contributed by atoms with van der Waals surface area (Å²) in [6.07, 6.45) is 0.763. The molecule has 0 fully saturated rings. The Kier molecular flexibility index (Phi) is 3.73. The van der Waals surface area contributed by atoms with Gasteiger partial charge in [-0.25, -0.2) is 0 Å². The molecule has 0 rings (SSSR count). The molecule has 0 aliphatic carbocycles. The maximum Gasteiger partial charge on any atom is 0.135 e. The van der Waals surface area contributed by atoms with Gasteiger partial charge in [0.15, 0.2) is 0 Å². The summed E-state index contributed by atoms with van der Waals surface area (Å²) >= 11 is 0. The molecule has 1 N–H and O–H groups in total. The molecule has 0 saturated carbocycles. The monoisotopic (exact) mass is 158 g/mol. The molecule has 0 radical (unpaired) electrons. The second-order valence-corrected chi connectivity index (χ2v) is 4.25. The number of aliphatic hydroxyl groups is 1. The summed E-state index contributed by atoms with van der Waals surface area (Å²) < 4.78 is 0. The van der Waals surface area contributed by atoms with Gasteiger partial charge in [0, 0.05) is 5.92 Å². The van der Waals surface area contributed by atoms with Crippen LogP contribution in [0.5, 0.6) is 0 Å². The van der Waals surface area contributed by atoms with Crippen LogP contribution in [0.2, 0.25) is 0 Å². The lowest BCUT2D eigenvalue weighted by Crippen LogP contribution is -2.22. The number of carbonyl (C=O) groups is 1. The largest absolute Gasteiger partial charge is 0.396 e. The van der Waals surface area contributed by atoms with Crippen LogP contribution in [0.3, 0.4) is 0 Å². The normalized spacial score (nSPS) is 14.6. The molecule has 0 aliphatic rings. The molecule has 2 nitrogen and oxygen atoms in total. The Morgan fingerprint density at radius 3 is 2.00 bits per heavy atom. The number of hydrogen-bond acceptors (Lipinski definition) is 2. The Hall–Kier alpha value is -0.370. The second-order valence-electron chi connectivity index (χ2n) is 4.25. The maximum absolute atomic E-state index is 10.9. The summed E-state index contributed by atoms with van der Waals surface area (Å²) in [6, 6.07) is 0. The molecule has 1 unspecified atom stereocenters. The van der Waals surface area contributed by atoms with Gasteiger partial charge in [0.25, 0.3) is 0 Å². The average Bonchev–Trinajstić information content (AvgIpc) is 1.80. The van der Waals surface area contributed by atoms with Gasteiger partial charge in [0.1, 0.15) is 5.78 Å². The smallest absolute Gasteiger partial charge is 0.135 e. The van der Waals surface area contributed by atoms with Gasteiger partial charge in [0.2, 0.25) is 0 Å². The minimum Gasteiger partial charge on any atom is -0.396 e. The SMILES string of the molecule is CC(=O)C(CO)CC(C)(C)C. The zero-order valence-electron chi connectivity index (χ0n) is 7.85.